The smallest absolute Gasteiger partial charge is 0.245 e. The number of benzene rings is 2. The summed E-state index contributed by atoms with van der Waals surface area (Å²) in [5.74, 6) is -0.749. The predicted molar refractivity (Wildman–Crippen MR) is 102 cm³/mol. The van der Waals surface area contributed by atoms with E-state index in [1.807, 2.05) is 24.3 Å². The fourth-order valence-electron chi connectivity index (χ4n) is 2.56. The number of halogens is 2. The predicted octanol–water partition coefficient (Wildman–Crippen LogP) is 3.61. The molecule has 2 aromatic carbocycles. The number of carbonyl (C=O) groups is 2. The van der Waals surface area contributed by atoms with Crippen LogP contribution in [0.25, 0.3) is 0 Å². The Hall–Kier alpha value is -2.18. The summed E-state index contributed by atoms with van der Waals surface area (Å²) < 4.78 is 0.939. The topological polar surface area (TPSA) is 61.8 Å². The van der Waals surface area contributed by atoms with Crippen molar-refractivity contribution in [2.24, 2.45) is 11.0 Å². The highest BCUT2D eigenvalue weighted by Gasteiger charge is 2.35. The van der Waals surface area contributed by atoms with E-state index in [2.05, 4.69) is 26.5 Å². The molecule has 1 heterocycles. The molecule has 2 amide bonds. The molecule has 1 atom stereocenters. The first-order valence-corrected chi connectivity index (χ1v) is 8.84. The molecule has 2 aromatic rings. The second kappa shape index (κ2) is 7.80. The van der Waals surface area contributed by atoms with E-state index in [1.165, 1.54) is 6.21 Å². The molecular weight excluding hydrogens is 406 g/mol. The van der Waals surface area contributed by atoms with Crippen LogP contribution in [0.4, 0.5) is 5.69 Å². The van der Waals surface area contributed by atoms with Crippen LogP contribution >= 0.6 is 27.5 Å². The minimum atomic E-state index is -0.418. The van der Waals surface area contributed by atoms with Crippen molar-refractivity contribution in [1.82, 2.24) is 5.43 Å². The quantitative estimate of drug-likeness (QED) is 0.607. The van der Waals surface area contributed by atoms with Gasteiger partial charge in [0.25, 0.3) is 0 Å². The van der Waals surface area contributed by atoms with Gasteiger partial charge in [-0.3, -0.25) is 9.59 Å². The van der Waals surface area contributed by atoms with Crippen molar-refractivity contribution in [3.05, 3.63) is 63.6 Å². The summed E-state index contributed by atoms with van der Waals surface area (Å²) in [6, 6.07) is 14.5. The minimum Gasteiger partial charge on any atom is -0.312 e. The summed E-state index contributed by atoms with van der Waals surface area (Å²) in [6.07, 6.45) is 1.72. The minimum absolute atomic E-state index is 0.0656. The van der Waals surface area contributed by atoms with E-state index in [1.54, 1.807) is 29.2 Å². The summed E-state index contributed by atoms with van der Waals surface area (Å²) in [5.41, 5.74) is 4.11. The van der Waals surface area contributed by atoms with Crippen LogP contribution in [-0.4, -0.2) is 24.6 Å². The van der Waals surface area contributed by atoms with Gasteiger partial charge in [-0.05, 0) is 42.0 Å². The molecule has 25 heavy (non-hydrogen) atoms. The lowest BCUT2D eigenvalue weighted by Gasteiger charge is -2.16. The number of nitrogens with one attached hydrogen (secondary N) is 1. The van der Waals surface area contributed by atoms with E-state index in [4.69, 9.17) is 11.6 Å². The van der Waals surface area contributed by atoms with Gasteiger partial charge in [-0.2, -0.15) is 5.10 Å². The Balaban J connectivity index is 1.59. The van der Waals surface area contributed by atoms with Crippen LogP contribution in [0.3, 0.4) is 0 Å². The maximum atomic E-state index is 12.2. The summed E-state index contributed by atoms with van der Waals surface area (Å²) in [6.45, 7) is 0.350. The molecule has 3 rings (SSSR count). The van der Waals surface area contributed by atoms with E-state index in [-0.39, 0.29) is 18.2 Å². The van der Waals surface area contributed by atoms with Gasteiger partial charge in [-0.15, -0.1) is 0 Å². The van der Waals surface area contributed by atoms with Gasteiger partial charge in [-0.25, -0.2) is 5.43 Å². The molecule has 0 bridgehead atoms. The lowest BCUT2D eigenvalue weighted by atomic mass is 10.1. The average Bonchev–Trinajstić information content (AvgIpc) is 2.99. The Labute approximate surface area is 158 Å². The van der Waals surface area contributed by atoms with E-state index in [9.17, 15) is 9.59 Å². The van der Waals surface area contributed by atoms with Crippen molar-refractivity contribution < 1.29 is 9.59 Å². The Morgan fingerprint density at radius 1 is 1.20 bits per heavy atom. The third-order valence-electron chi connectivity index (χ3n) is 3.89. The van der Waals surface area contributed by atoms with Crippen LogP contribution in [0.1, 0.15) is 12.0 Å². The molecule has 1 aliphatic heterocycles. The van der Waals surface area contributed by atoms with Crippen LogP contribution in [0, 0.1) is 5.92 Å². The van der Waals surface area contributed by atoms with Gasteiger partial charge in [0.05, 0.1) is 12.1 Å². The maximum Gasteiger partial charge on any atom is 0.245 e. The highest BCUT2D eigenvalue weighted by Crippen LogP contribution is 2.26. The van der Waals surface area contributed by atoms with Gasteiger partial charge in [0.1, 0.15) is 0 Å². The van der Waals surface area contributed by atoms with E-state index in [0.717, 1.165) is 15.7 Å². The van der Waals surface area contributed by atoms with Gasteiger partial charge in [0.15, 0.2) is 0 Å². The van der Waals surface area contributed by atoms with Gasteiger partial charge >= 0.3 is 0 Å². The molecule has 0 aromatic heterocycles. The number of anilines is 1. The third-order valence-corrected chi connectivity index (χ3v) is 4.67. The first kappa shape index (κ1) is 17.6. The molecule has 128 valence electrons. The number of nitrogens with zero attached hydrogens (tertiary/aromatic N) is 2. The molecule has 1 saturated heterocycles. The van der Waals surface area contributed by atoms with E-state index < -0.39 is 5.92 Å². The molecule has 1 N–H and O–H groups in total. The van der Waals surface area contributed by atoms with Gasteiger partial charge in [0, 0.05) is 28.1 Å². The standard InChI is InChI=1S/C18H15BrClN3O2/c19-14-3-7-16(8-4-14)23-11-13(9-17(23)24)18(25)22-21-10-12-1-5-15(20)6-2-12/h1-8,10,13H,9,11H2,(H,22,25)/b21-10-/t13-/m1/s1. The summed E-state index contributed by atoms with van der Waals surface area (Å²) in [4.78, 5) is 26.0. The normalized spacial score (nSPS) is 17.3. The zero-order chi connectivity index (χ0) is 17.8. The van der Waals surface area contributed by atoms with Crippen LogP contribution < -0.4 is 10.3 Å². The lowest BCUT2D eigenvalue weighted by Crippen LogP contribution is -2.30. The Bertz CT molecular complexity index is 806. The highest BCUT2D eigenvalue weighted by molar-refractivity contribution is 9.10. The lowest BCUT2D eigenvalue weighted by molar-refractivity contribution is -0.126. The van der Waals surface area contributed by atoms with Crippen LogP contribution in [-0.2, 0) is 9.59 Å². The largest absolute Gasteiger partial charge is 0.312 e. The van der Waals surface area contributed by atoms with Crippen molar-refractivity contribution in [1.29, 1.82) is 0 Å². The molecule has 5 nitrogen and oxygen atoms in total. The van der Waals surface area contributed by atoms with Crippen molar-refractivity contribution in [2.45, 2.75) is 6.42 Å². The zero-order valence-corrected chi connectivity index (χ0v) is 15.5. The fourth-order valence-corrected chi connectivity index (χ4v) is 2.95. The van der Waals surface area contributed by atoms with Crippen LogP contribution in [0.5, 0.6) is 0 Å². The van der Waals surface area contributed by atoms with Crippen molar-refractivity contribution in [2.75, 3.05) is 11.4 Å². The van der Waals surface area contributed by atoms with Crippen molar-refractivity contribution in [3.63, 3.8) is 0 Å². The number of rotatable bonds is 4. The Morgan fingerprint density at radius 2 is 1.88 bits per heavy atom. The van der Waals surface area contributed by atoms with Gasteiger partial charge in [-0.1, -0.05) is 39.7 Å². The number of hydrogen-bond acceptors (Lipinski definition) is 3. The monoisotopic (exact) mass is 419 g/mol. The van der Waals surface area contributed by atoms with Crippen molar-refractivity contribution in [3.8, 4) is 0 Å². The number of amides is 2. The molecule has 1 fully saturated rings. The van der Waals surface area contributed by atoms with Crippen LogP contribution in [0.15, 0.2) is 58.1 Å². The molecular formula is C18H15BrClN3O2. The molecule has 7 heteroatoms. The highest BCUT2D eigenvalue weighted by atomic mass is 79.9. The number of carbonyl (C=O) groups excluding carboxylic acids is 2. The van der Waals surface area contributed by atoms with E-state index >= 15 is 0 Å². The summed E-state index contributed by atoms with van der Waals surface area (Å²) >= 11 is 9.18. The maximum absolute atomic E-state index is 12.2. The second-order valence-electron chi connectivity index (χ2n) is 5.67. The van der Waals surface area contributed by atoms with Gasteiger partial charge < -0.3 is 4.90 Å². The SMILES string of the molecule is O=C(N/N=C\c1ccc(Cl)cc1)[C@@H]1CC(=O)N(c2ccc(Br)cc2)C1. The Morgan fingerprint density at radius 3 is 2.56 bits per heavy atom. The van der Waals surface area contributed by atoms with Crippen LogP contribution in [0.2, 0.25) is 5.02 Å². The van der Waals surface area contributed by atoms with Gasteiger partial charge in [0.2, 0.25) is 11.8 Å². The van der Waals surface area contributed by atoms with Crippen molar-refractivity contribution >= 4 is 51.2 Å². The average molecular weight is 421 g/mol. The summed E-state index contributed by atoms with van der Waals surface area (Å²) in [5, 5.41) is 4.58. The molecule has 0 radical (unpaired) electrons. The molecule has 0 saturated carbocycles. The molecule has 0 aliphatic carbocycles. The third kappa shape index (κ3) is 4.46. The second-order valence-corrected chi connectivity index (χ2v) is 7.02. The number of hydrazone groups is 1. The zero-order valence-electron chi connectivity index (χ0n) is 13.2. The molecule has 1 aliphatic rings. The van der Waals surface area contributed by atoms with E-state index in [0.29, 0.717) is 11.6 Å². The fraction of sp³-hybridized carbons (Fsp3) is 0.167. The number of hydrogen-bond donors (Lipinski definition) is 1. The summed E-state index contributed by atoms with van der Waals surface area (Å²) in [7, 11) is 0. The Kier molecular flexibility index (Phi) is 5.50. The first-order chi connectivity index (χ1) is 12.0. The molecule has 0 unspecified atom stereocenters. The molecule has 0 spiro atoms. The first-order valence-electron chi connectivity index (χ1n) is 7.67.